The highest BCUT2D eigenvalue weighted by molar-refractivity contribution is 7.98. The molecule has 3 aromatic rings. The van der Waals surface area contributed by atoms with Gasteiger partial charge in [-0.05, 0) is 12.3 Å². The lowest BCUT2D eigenvalue weighted by molar-refractivity contribution is 0.375. The number of para-hydroxylation sites is 1. The molecule has 0 aliphatic carbocycles. The van der Waals surface area contributed by atoms with Crippen molar-refractivity contribution in [3.63, 3.8) is 0 Å². The molecule has 2 aromatic heterocycles. The number of terminal acetylenes is 1. The first-order chi connectivity index (χ1) is 9.35. The predicted molar refractivity (Wildman–Crippen MR) is 83.2 cm³/mol. The summed E-state index contributed by atoms with van der Waals surface area (Å²) in [4.78, 5) is 4.70. The SMILES string of the molecule is C#CCOc1csc2c1c(SC)nc1ccccc12. The fourth-order valence-corrected chi connectivity index (χ4v) is 3.73. The van der Waals surface area contributed by atoms with Crippen molar-refractivity contribution in [2.24, 2.45) is 0 Å². The van der Waals surface area contributed by atoms with Gasteiger partial charge in [0.2, 0.25) is 0 Å². The number of thioether (sulfide) groups is 1. The molecular weight excluding hydrogens is 274 g/mol. The van der Waals surface area contributed by atoms with E-state index in [-0.39, 0.29) is 6.61 Å². The molecule has 0 radical (unpaired) electrons. The molecular formula is C15H11NOS2. The van der Waals surface area contributed by atoms with Gasteiger partial charge in [-0.2, -0.15) is 0 Å². The van der Waals surface area contributed by atoms with Gasteiger partial charge in [-0.25, -0.2) is 4.98 Å². The normalized spacial score (nSPS) is 10.7. The van der Waals surface area contributed by atoms with Gasteiger partial charge in [0.25, 0.3) is 0 Å². The van der Waals surface area contributed by atoms with E-state index in [9.17, 15) is 0 Å². The lowest BCUT2D eigenvalue weighted by Crippen LogP contribution is -1.93. The maximum absolute atomic E-state index is 5.62. The third kappa shape index (κ3) is 2.05. The molecule has 19 heavy (non-hydrogen) atoms. The van der Waals surface area contributed by atoms with Gasteiger partial charge in [-0.15, -0.1) is 29.5 Å². The fraction of sp³-hybridized carbons (Fsp3) is 0.133. The van der Waals surface area contributed by atoms with E-state index in [4.69, 9.17) is 16.1 Å². The molecule has 0 spiro atoms. The van der Waals surface area contributed by atoms with Crippen LogP contribution in [0.1, 0.15) is 0 Å². The number of nitrogens with zero attached hydrogens (tertiary/aromatic N) is 1. The number of rotatable bonds is 3. The molecule has 0 aliphatic rings. The van der Waals surface area contributed by atoms with Gasteiger partial charge in [0.05, 0.1) is 15.6 Å². The molecule has 0 bridgehead atoms. The highest BCUT2D eigenvalue weighted by Gasteiger charge is 2.14. The largest absolute Gasteiger partial charge is 0.479 e. The number of pyridine rings is 1. The second kappa shape index (κ2) is 5.12. The Kier molecular flexibility index (Phi) is 3.33. The van der Waals surface area contributed by atoms with Crippen LogP contribution in [0.15, 0.2) is 34.7 Å². The summed E-state index contributed by atoms with van der Waals surface area (Å²) in [6, 6.07) is 8.17. The minimum Gasteiger partial charge on any atom is -0.479 e. The Morgan fingerprint density at radius 2 is 2.26 bits per heavy atom. The smallest absolute Gasteiger partial charge is 0.148 e. The molecule has 0 amide bonds. The highest BCUT2D eigenvalue weighted by Crippen LogP contribution is 2.41. The van der Waals surface area contributed by atoms with Gasteiger partial charge in [0.15, 0.2) is 0 Å². The van der Waals surface area contributed by atoms with Crippen LogP contribution in [0.3, 0.4) is 0 Å². The second-order valence-corrected chi connectivity index (χ2v) is 5.61. The number of ether oxygens (including phenoxy) is 1. The standard InChI is InChI=1S/C15H11NOS2/c1-3-8-17-12-9-19-14-10-6-4-5-7-11(10)16-15(18-2)13(12)14/h1,4-7,9H,8H2,2H3. The van der Waals surface area contributed by atoms with E-state index < -0.39 is 0 Å². The summed E-state index contributed by atoms with van der Waals surface area (Å²) >= 11 is 3.31. The van der Waals surface area contributed by atoms with Crippen LogP contribution in [0.5, 0.6) is 5.75 Å². The molecule has 94 valence electrons. The first kappa shape index (κ1) is 12.3. The fourth-order valence-electron chi connectivity index (χ4n) is 2.04. The average molecular weight is 285 g/mol. The Labute approximate surface area is 119 Å². The number of fused-ring (bicyclic) bond motifs is 3. The average Bonchev–Trinajstić information content (AvgIpc) is 2.88. The van der Waals surface area contributed by atoms with Crippen LogP contribution < -0.4 is 4.74 Å². The number of benzene rings is 1. The molecule has 4 heteroatoms. The number of hydrogen-bond acceptors (Lipinski definition) is 4. The molecule has 0 saturated heterocycles. The van der Waals surface area contributed by atoms with Gasteiger partial charge >= 0.3 is 0 Å². The highest BCUT2D eigenvalue weighted by atomic mass is 32.2. The van der Waals surface area contributed by atoms with Crippen LogP contribution in [-0.4, -0.2) is 17.8 Å². The van der Waals surface area contributed by atoms with Crippen LogP contribution in [0.2, 0.25) is 0 Å². The molecule has 0 unspecified atom stereocenters. The Morgan fingerprint density at radius 1 is 1.42 bits per heavy atom. The van der Waals surface area contributed by atoms with E-state index in [0.29, 0.717) is 0 Å². The lowest BCUT2D eigenvalue weighted by atomic mass is 10.2. The van der Waals surface area contributed by atoms with Crippen molar-refractivity contribution >= 4 is 44.1 Å². The van der Waals surface area contributed by atoms with Crippen molar-refractivity contribution in [3.8, 4) is 18.1 Å². The van der Waals surface area contributed by atoms with Gasteiger partial charge in [-0.1, -0.05) is 24.1 Å². The number of hydrogen-bond donors (Lipinski definition) is 0. The zero-order valence-electron chi connectivity index (χ0n) is 10.3. The van der Waals surface area contributed by atoms with Crippen molar-refractivity contribution in [2.45, 2.75) is 5.03 Å². The minimum absolute atomic E-state index is 0.284. The molecule has 0 fully saturated rings. The summed E-state index contributed by atoms with van der Waals surface area (Å²) in [5, 5.41) is 5.24. The summed E-state index contributed by atoms with van der Waals surface area (Å²) < 4.78 is 6.83. The second-order valence-electron chi connectivity index (χ2n) is 3.94. The van der Waals surface area contributed by atoms with Crippen LogP contribution in [0.4, 0.5) is 0 Å². The molecule has 0 aliphatic heterocycles. The topological polar surface area (TPSA) is 22.1 Å². The molecule has 2 heterocycles. The van der Waals surface area contributed by atoms with E-state index in [1.54, 1.807) is 23.1 Å². The monoisotopic (exact) mass is 285 g/mol. The Balaban J connectivity index is 2.33. The van der Waals surface area contributed by atoms with Gasteiger partial charge in [0.1, 0.15) is 17.4 Å². The van der Waals surface area contributed by atoms with E-state index in [1.807, 2.05) is 29.8 Å². The van der Waals surface area contributed by atoms with E-state index in [1.165, 1.54) is 4.70 Å². The predicted octanol–water partition coefficient (Wildman–Crippen LogP) is 4.18. The minimum atomic E-state index is 0.284. The maximum Gasteiger partial charge on any atom is 0.148 e. The maximum atomic E-state index is 5.62. The van der Waals surface area contributed by atoms with Crippen molar-refractivity contribution in [1.82, 2.24) is 4.98 Å². The summed E-state index contributed by atoms with van der Waals surface area (Å²) in [7, 11) is 0. The van der Waals surface area contributed by atoms with Crippen molar-refractivity contribution in [3.05, 3.63) is 29.6 Å². The Bertz CT molecular complexity index is 786. The molecule has 0 atom stereocenters. The van der Waals surface area contributed by atoms with Crippen molar-refractivity contribution in [2.75, 3.05) is 12.9 Å². The van der Waals surface area contributed by atoms with E-state index in [2.05, 4.69) is 12.0 Å². The molecule has 0 saturated carbocycles. The lowest BCUT2D eigenvalue weighted by Gasteiger charge is -2.06. The van der Waals surface area contributed by atoms with Gasteiger partial charge in [-0.3, -0.25) is 0 Å². The Morgan fingerprint density at radius 3 is 3.05 bits per heavy atom. The Hall–Kier alpha value is -1.70. The number of thiophene rings is 1. The summed E-state index contributed by atoms with van der Waals surface area (Å²) in [6.07, 6.45) is 7.28. The first-order valence-corrected chi connectivity index (χ1v) is 7.85. The molecule has 3 rings (SSSR count). The van der Waals surface area contributed by atoms with Crippen LogP contribution in [0, 0.1) is 12.3 Å². The van der Waals surface area contributed by atoms with Crippen molar-refractivity contribution < 1.29 is 4.74 Å². The van der Waals surface area contributed by atoms with E-state index in [0.717, 1.165) is 27.1 Å². The van der Waals surface area contributed by atoms with E-state index >= 15 is 0 Å². The van der Waals surface area contributed by atoms with Gasteiger partial charge < -0.3 is 4.74 Å². The quantitative estimate of drug-likeness (QED) is 0.532. The van der Waals surface area contributed by atoms with Crippen LogP contribution in [-0.2, 0) is 0 Å². The molecule has 2 nitrogen and oxygen atoms in total. The van der Waals surface area contributed by atoms with Crippen molar-refractivity contribution in [1.29, 1.82) is 0 Å². The summed E-state index contributed by atoms with van der Waals surface area (Å²) in [5.74, 6) is 3.33. The molecule has 0 N–H and O–H groups in total. The molecule has 1 aromatic carbocycles. The third-order valence-corrected chi connectivity index (χ3v) is 4.52. The zero-order valence-corrected chi connectivity index (χ0v) is 12.0. The summed E-state index contributed by atoms with van der Waals surface area (Å²) in [5.41, 5.74) is 1.02. The first-order valence-electron chi connectivity index (χ1n) is 5.75. The van der Waals surface area contributed by atoms with Gasteiger partial charge in [0, 0.05) is 10.8 Å². The number of aromatic nitrogens is 1. The zero-order chi connectivity index (χ0) is 13.2. The third-order valence-electron chi connectivity index (χ3n) is 2.85. The van der Waals surface area contributed by atoms with Crippen LogP contribution in [0.25, 0.3) is 21.0 Å². The summed E-state index contributed by atoms with van der Waals surface area (Å²) in [6.45, 7) is 0.284. The van der Waals surface area contributed by atoms with Crippen LogP contribution >= 0.6 is 23.1 Å².